The number of carbonyl (C=O) groups excluding carboxylic acids is 1. The number of hydrogen-bond acceptors (Lipinski definition) is 6. The number of anilines is 1. The Balaban J connectivity index is 1.78. The third-order valence-electron chi connectivity index (χ3n) is 4.38. The molecule has 1 atom stereocenters. The molecule has 0 aliphatic heterocycles. The van der Waals surface area contributed by atoms with Gasteiger partial charge in [-0.15, -0.1) is 0 Å². The first kappa shape index (κ1) is 18.0. The number of benzene rings is 1. The third kappa shape index (κ3) is 4.62. The van der Waals surface area contributed by atoms with E-state index in [1.54, 1.807) is 18.5 Å². The van der Waals surface area contributed by atoms with Crippen LogP contribution in [0.2, 0.25) is 0 Å². The fraction of sp³-hybridized carbons (Fsp3) is 0.368. The summed E-state index contributed by atoms with van der Waals surface area (Å²) in [5.41, 5.74) is 0.305. The van der Waals surface area contributed by atoms with Crippen molar-refractivity contribution in [2.24, 2.45) is 0 Å². The molecule has 0 spiro atoms. The lowest BCUT2D eigenvalue weighted by molar-refractivity contribution is -0.142. The zero-order valence-electron chi connectivity index (χ0n) is 14.3. The largest absolute Gasteiger partial charge is 0.458 e. The van der Waals surface area contributed by atoms with Gasteiger partial charge < -0.3 is 10.1 Å². The normalized spacial score (nSPS) is 15.9. The Labute approximate surface area is 151 Å². The van der Waals surface area contributed by atoms with Gasteiger partial charge in [0.05, 0.1) is 0 Å². The van der Waals surface area contributed by atoms with E-state index in [0.717, 1.165) is 32.1 Å². The minimum Gasteiger partial charge on any atom is -0.458 e. The van der Waals surface area contributed by atoms with Gasteiger partial charge in [0, 0.05) is 12.4 Å². The van der Waals surface area contributed by atoms with Crippen molar-refractivity contribution in [2.75, 3.05) is 5.32 Å². The standard InChI is InChI=1S/C19H21FN4O2/c20-14-9-7-13(8-10-14)17(24-19-22-11-4-12-23-19)16(21)18(25)26-15-5-2-1-3-6-15/h4,7-12,15,17,21H,1-3,5-6H2,(H,22,23,24). The SMILES string of the molecule is N=C(C(=O)OC1CCCCC1)C(Nc1ncccn1)c1ccc(F)cc1. The Hall–Kier alpha value is -2.83. The summed E-state index contributed by atoms with van der Waals surface area (Å²) in [6.45, 7) is 0. The molecule has 0 radical (unpaired) electrons. The minimum absolute atomic E-state index is 0.140. The van der Waals surface area contributed by atoms with Crippen LogP contribution in [0.1, 0.15) is 43.7 Å². The molecule has 0 bridgehead atoms. The van der Waals surface area contributed by atoms with Crippen LogP contribution in [-0.2, 0) is 9.53 Å². The van der Waals surface area contributed by atoms with Gasteiger partial charge in [0.25, 0.3) is 0 Å². The second kappa shape index (κ2) is 8.51. The zero-order chi connectivity index (χ0) is 18.4. The van der Waals surface area contributed by atoms with E-state index in [9.17, 15) is 9.18 Å². The molecule has 1 unspecified atom stereocenters. The number of halogens is 1. The maximum atomic E-state index is 13.3. The number of rotatable bonds is 6. The number of ether oxygens (including phenoxy) is 1. The molecule has 1 aliphatic rings. The number of carbonyl (C=O) groups is 1. The lowest BCUT2D eigenvalue weighted by Crippen LogP contribution is -2.32. The van der Waals surface area contributed by atoms with Gasteiger partial charge in [-0.2, -0.15) is 0 Å². The molecule has 1 heterocycles. The summed E-state index contributed by atoms with van der Waals surface area (Å²) >= 11 is 0. The summed E-state index contributed by atoms with van der Waals surface area (Å²) in [4.78, 5) is 20.6. The first-order valence-electron chi connectivity index (χ1n) is 8.72. The van der Waals surface area contributed by atoms with Gasteiger partial charge >= 0.3 is 5.97 Å². The van der Waals surface area contributed by atoms with E-state index >= 15 is 0 Å². The highest BCUT2D eigenvalue weighted by molar-refractivity contribution is 6.37. The van der Waals surface area contributed by atoms with Gasteiger partial charge in [-0.25, -0.2) is 19.2 Å². The minimum atomic E-state index is -0.825. The van der Waals surface area contributed by atoms with Crippen molar-refractivity contribution in [1.82, 2.24) is 9.97 Å². The van der Waals surface area contributed by atoms with E-state index in [-0.39, 0.29) is 23.6 Å². The van der Waals surface area contributed by atoms with Crippen molar-refractivity contribution in [1.29, 1.82) is 5.41 Å². The van der Waals surface area contributed by atoms with Gasteiger partial charge in [-0.1, -0.05) is 18.6 Å². The lowest BCUT2D eigenvalue weighted by Gasteiger charge is -2.24. The van der Waals surface area contributed by atoms with E-state index in [1.807, 2.05) is 0 Å². The molecular formula is C19H21FN4O2. The van der Waals surface area contributed by atoms with E-state index in [0.29, 0.717) is 5.56 Å². The molecule has 1 saturated carbocycles. The van der Waals surface area contributed by atoms with Crippen LogP contribution in [0.15, 0.2) is 42.7 Å². The Morgan fingerprint density at radius 3 is 2.46 bits per heavy atom. The highest BCUT2D eigenvalue weighted by Gasteiger charge is 2.28. The second-order valence-corrected chi connectivity index (χ2v) is 6.28. The first-order valence-corrected chi connectivity index (χ1v) is 8.72. The topological polar surface area (TPSA) is 88.0 Å². The predicted molar refractivity (Wildman–Crippen MR) is 95.5 cm³/mol. The fourth-order valence-corrected chi connectivity index (χ4v) is 3.00. The molecule has 26 heavy (non-hydrogen) atoms. The molecule has 1 aromatic carbocycles. The molecule has 1 fully saturated rings. The Morgan fingerprint density at radius 2 is 1.81 bits per heavy atom. The number of hydrogen-bond donors (Lipinski definition) is 2. The summed E-state index contributed by atoms with van der Waals surface area (Å²) in [6, 6.07) is 6.47. The van der Waals surface area contributed by atoms with Gasteiger partial charge in [0.2, 0.25) is 5.95 Å². The molecule has 0 amide bonds. The molecule has 7 heteroatoms. The molecule has 1 aromatic heterocycles. The molecule has 2 aromatic rings. The van der Waals surface area contributed by atoms with Crippen LogP contribution in [0.5, 0.6) is 0 Å². The number of esters is 1. The highest BCUT2D eigenvalue weighted by atomic mass is 19.1. The van der Waals surface area contributed by atoms with Gasteiger partial charge in [0.15, 0.2) is 0 Å². The molecule has 0 saturated heterocycles. The highest BCUT2D eigenvalue weighted by Crippen LogP contribution is 2.23. The average Bonchev–Trinajstić information content (AvgIpc) is 2.68. The monoisotopic (exact) mass is 356 g/mol. The van der Waals surface area contributed by atoms with Gasteiger partial charge in [0.1, 0.15) is 23.7 Å². The fourth-order valence-electron chi connectivity index (χ4n) is 3.00. The Kier molecular flexibility index (Phi) is 5.88. The number of nitrogens with zero attached hydrogens (tertiary/aromatic N) is 2. The maximum absolute atomic E-state index is 13.3. The van der Waals surface area contributed by atoms with E-state index in [4.69, 9.17) is 10.1 Å². The van der Waals surface area contributed by atoms with Crippen molar-refractivity contribution in [3.63, 3.8) is 0 Å². The van der Waals surface area contributed by atoms with E-state index in [1.165, 1.54) is 24.3 Å². The van der Waals surface area contributed by atoms with Crippen LogP contribution in [-0.4, -0.2) is 27.8 Å². The van der Waals surface area contributed by atoms with Gasteiger partial charge in [-0.05, 0) is 49.4 Å². The summed E-state index contributed by atoms with van der Waals surface area (Å²) in [5, 5.41) is 11.3. The quantitative estimate of drug-likeness (QED) is 0.609. The van der Waals surface area contributed by atoms with Gasteiger partial charge in [-0.3, -0.25) is 5.41 Å². The van der Waals surface area contributed by atoms with Crippen molar-refractivity contribution < 1.29 is 13.9 Å². The zero-order valence-corrected chi connectivity index (χ0v) is 14.3. The van der Waals surface area contributed by atoms with E-state index < -0.39 is 12.0 Å². The smallest absolute Gasteiger partial charge is 0.354 e. The molecule has 2 N–H and O–H groups in total. The molecule has 6 nitrogen and oxygen atoms in total. The summed E-state index contributed by atoms with van der Waals surface area (Å²) in [5.74, 6) is -0.786. The van der Waals surface area contributed by atoms with Crippen LogP contribution < -0.4 is 5.32 Å². The van der Waals surface area contributed by atoms with Crippen molar-refractivity contribution >= 4 is 17.6 Å². The van der Waals surface area contributed by atoms with Crippen LogP contribution in [0.25, 0.3) is 0 Å². The van der Waals surface area contributed by atoms with Crippen LogP contribution in [0.4, 0.5) is 10.3 Å². The van der Waals surface area contributed by atoms with Crippen LogP contribution in [0, 0.1) is 11.2 Å². The number of nitrogens with one attached hydrogen (secondary N) is 2. The Morgan fingerprint density at radius 1 is 1.15 bits per heavy atom. The van der Waals surface area contributed by atoms with Crippen molar-refractivity contribution in [3.8, 4) is 0 Å². The third-order valence-corrected chi connectivity index (χ3v) is 4.38. The summed E-state index contributed by atoms with van der Waals surface area (Å²) < 4.78 is 18.8. The van der Waals surface area contributed by atoms with E-state index in [2.05, 4.69) is 15.3 Å². The molecule has 136 valence electrons. The average molecular weight is 356 g/mol. The number of aromatic nitrogens is 2. The van der Waals surface area contributed by atoms with Crippen LogP contribution >= 0.6 is 0 Å². The lowest BCUT2D eigenvalue weighted by atomic mass is 9.97. The summed E-state index contributed by atoms with van der Waals surface area (Å²) in [6.07, 6.45) is 7.84. The predicted octanol–water partition coefficient (Wildman–Crippen LogP) is 3.66. The molecular weight excluding hydrogens is 335 g/mol. The first-order chi connectivity index (χ1) is 12.6. The summed E-state index contributed by atoms with van der Waals surface area (Å²) in [7, 11) is 0. The molecule has 1 aliphatic carbocycles. The Bertz CT molecular complexity index is 746. The van der Waals surface area contributed by atoms with Crippen molar-refractivity contribution in [3.05, 3.63) is 54.1 Å². The maximum Gasteiger partial charge on any atom is 0.354 e. The van der Waals surface area contributed by atoms with Crippen molar-refractivity contribution in [2.45, 2.75) is 44.2 Å². The van der Waals surface area contributed by atoms with Crippen LogP contribution in [0.3, 0.4) is 0 Å². The molecule has 3 rings (SSSR count). The second-order valence-electron chi connectivity index (χ2n) is 6.28.